The number of Topliss-reactive ketones (excluding diaryl/α,β-unsaturated/α-hetero) is 2. The molecule has 1 aliphatic heterocycles. The summed E-state index contributed by atoms with van der Waals surface area (Å²) < 4.78 is 0. The van der Waals surface area contributed by atoms with Crippen molar-refractivity contribution in [2.75, 3.05) is 13.6 Å². The first-order valence-electron chi connectivity index (χ1n) is 16.8. The summed E-state index contributed by atoms with van der Waals surface area (Å²) in [5, 5.41) is 34.7. The molecule has 6 N–H and O–H groups in total. The predicted molar refractivity (Wildman–Crippen MR) is 196 cm³/mol. The second-order valence-electron chi connectivity index (χ2n) is 13.1. The van der Waals surface area contributed by atoms with Gasteiger partial charge in [-0.2, -0.15) is 0 Å². The van der Waals surface area contributed by atoms with E-state index in [1.807, 2.05) is 24.3 Å². The van der Waals surface area contributed by atoms with Crippen LogP contribution in [0.3, 0.4) is 0 Å². The number of carboxylic acids is 1. The first-order chi connectivity index (χ1) is 24.8. The van der Waals surface area contributed by atoms with Crippen molar-refractivity contribution < 1.29 is 39.3 Å². The largest absolute Gasteiger partial charge is 0.507 e. The third-order valence-corrected chi connectivity index (χ3v) is 9.67. The van der Waals surface area contributed by atoms with Gasteiger partial charge in [-0.05, 0) is 71.6 Å². The molecule has 0 aromatic heterocycles. The molecule has 0 unspecified atom stereocenters. The molecule has 4 bridgehead atoms. The van der Waals surface area contributed by atoms with E-state index in [9.17, 15) is 39.3 Å². The van der Waals surface area contributed by atoms with Crippen LogP contribution in [0.2, 0.25) is 5.02 Å². The van der Waals surface area contributed by atoms with E-state index < -0.39 is 47.5 Å². The van der Waals surface area contributed by atoms with E-state index in [0.717, 1.165) is 11.1 Å². The number of phenolic OH excluding ortho intramolecular Hbond substituents is 2. The molecule has 0 saturated carbocycles. The van der Waals surface area contributed by atoms with Gasteiger partial charge < -0.3 is 31.3 Å². The lowest BCUT2D eigenvalue weighted by molar-refractivity contribution is -0.144. The molecule has 0 spiro atoms. The number of carbonyl (C=O) groups is 5. The number of halogens is 1. The molecule has 0 saturated heterocycles. The van der Waals surface area contributed by atoms with Gasteiger partial charge in [-0.15, -0.1) is 0 Å². The van der Waals surface area contributed by atoms with Crippen molar-refractivity contribution in [2.45, 2.75) is 44.7 Å². The molecule has 5 rings (SSSR count). The van der Waals surface area contributed by atoms with Gasteiger partial charge in [0.15, 0.2) is 11.6 Å². The number of nitrogens with one attached hydrogen (secondary N) is 1. The Morgan fingerprint density at radius 2 is 1.48 bits per heavy atom. The zero-order chi connectivity index (χ0) is 37.7. The van der Waals surface area contributed by atoms with Gasteiger partial charge in [0.1, 0.15) is 23.6 Å². The number of benzene rings is 4. The minimum absolute atomic E-state index is 0.0898. The van der Waals surface area contributed by atoms with Crippen LogP contribution in [0.1, 0.15) is 53.7 Å². The van der Waals surface area contributed by atoms with E-state index >= 15 is 0 Å². The van der Waals surface area contributed by atoms with E-state index in [0.29, 0.717) is 21.7 Å². The number of hydrogen-bond acceptors (Lipinski definition) is 8. The molecule has 12 heteroatoms. The fourth-order valence-electron chi connectivity index (χ4n) is 6.51. The number of likely N-dealkylation sites (N-methyl/N-ethyl adjacent to an activating group) is 1. The Morgan fingerprint density at radius 3 is 2.10 bits per heavy atom. The number of aromatic hydroxyl groups is 2. The number of fused-ring (bicyclic) bond motifs is 5. The number of hydrogen-bond donors (Lipinski definition) is 5. The van der Waals surface area contributed by atoms with Gasteiger partial charge in [0, 0.05) is 59.9 Å². The third kappa shape index (κ3) is 8.50. The molecule has 0 fully saturated rings. The number of carbonyl (C=O) groups excluding carboxylic acids is 4. The lowest BCUT2D eigenvalue weighted by atomic mass is 9.88. The molecule has 270 valence electrons. The normalized spacial score (nSPS) is 18.1. The van der Waals surface area contributed by atoms with Gasteiger partial charge in [0.2, 0.25) is 11.8 Å². The quantitative estimate of drug-likeness (QED) is 0.138. The summed E-state index contributed by atoms with van der Waals surface area (Å²) in [5.74, 6) is -5.62. The van der Waals surface area contributed by atoms with E-state index in [1.165, 1.54) is 55.3 Å². The summed E-state index contributed by atoms with van der Waals surface area (Å²) in [6.45, 7) is 1.58. The van der Waals surface area contributed by atoms with Gasteiger partial charge in [-0.25, -0.2) is 4.79 Å². The van der Waals surface area contributed by atoms with Crippen molar-refractivity contribution in [3.63, 3.8) is 0 Å². The molecule has 4 aromatic rings. The average molecular weight is 726 g/mol. The van der Waals surface area contributed by atoms with Crippen molar-refractivity contribution >= 4 is 41.0 Å². The molecular weight excluding hydrogens is 686 g/mol. The molecule has 52 heavy (non-hydrogen) atoms. The molecule has 11 nitrogen and oxygen atoms in total. The second kappa shape index (κ2) is 16.2. The first-order valence-corrected chi connectivity index (χ1v) is 17.2. The minimum atomic E-state index is -1.34. The van der Waals surface area contributed by atoms with Crippen molar-refractivity contribution in [3.8, 4) is 33.8 Å². The zero-order valence-corrected chi connectivity index (χ0v) is 29.5. The fourth-order valence-corrected chi connectivity index (χ4v) is 6.63. The highest BCUT2D eigenvalue weighted by Gasteiger charge is 2.36. The summed E-state index contributed by atoms with van der Waals surface area (Å²) in [7, 11) is 1.43. The van der Waals surface area contributed by atoms with Crippen LogP contribution < -0.4 is 11.1 Å². The molecule has 4 aromatic carbocycles. The number of carboxylic acid groups (broad SMARTS) is 1. The van der Waals surface area contributed by atoms with Gasteiger partial charge in [0.25, 0.3) is 0 Å². The summed E-state index contributed by atoms with van der Waals surface area (Å²) >= 11 is 6.01. The van der Waals surface area contributed by atoms with Crippen molar-refractivity contribution in [1.29, 1.82) is 0 Å². The third-order valence-electron chi connectivity index (χ3n) is 9.42. The zero-order valence-electron chi connectivity index (χ0n) is 28.7. The maximum absolute atomic E-state index is 14.2. The smallest absolute Gasteiger partial charge is 0.326 e. The number of nitrogens with two attached hydrogens (primary N) is 1. The van der Waals surface area contributed by atoms with Crippen LogP contribution in [-0.4, -0.2) is 69.2 Å². The molecule has 0 aliphatic carbocycles. The SMILES string of the molecule is C[C@@H]1CC(=O)[C@@H](N(C)C(=O)[C@H](CCN)CC(=O)c2ccc(-c3ccc(Cl)cc3)cc2)c2ccc(O)c(c2)-c2cc(ccc2O)C[C@@H](C(=O)O)NC1=O. The highest BCUT2D eigenvalue weighted by atomic mass is 35.5. The van der Waals surface area contributed by atoms with E-state index in [4.69, 9.17) is 17.3 Å². The molecule has 1 heterocycles. The fraction of sp³-hybridized carbons (Fsp3) is 0.275. The Balaban J connectivity index is 1.48. The van der Waals surface area contributed by atoms with Gasteiger partial charge >= 0.3 is 5.97 Å². The standard InChI is InChI=1S/C40H40ClN3O8/c1-22-17-36(48)37(27-10-14-34(46)31(20-27)30-18-23(3-13-33(30)45)19-32(40(51)52)43-38(22)49)44(2)39(50)28(15-16-42)21-35(47)26-6-4-24(5-7-26)25-8-11-29(41)12-9-25/h3-14,18,20,22,28,32,37,45-46H,15-17,19,21,42H2,1-2H3,(H,43,49)(H,51,52)/t22-,28-,32+,37+/m1/s1. The van der Waals surface area contributed by atoms with Crippen LogP contribution >= 0.6 is 11.6 Å². The van der Waals surface area contributed by atoms with Crippen LogP contribution in [-0.2, 0) is 25.6 Å². The maximum atomic E-state index is 14.2. The van der Waals surface area contributed by atoms with Gasteiger partial charge in [0.05, 0.1) is 0 Å². The Bertz CT molecular complexity index is 2000. The Morgan fingerprint density at radius 1 is 0.885 bits per heavy atom. The summed E-state index contributed by atoms with van der Waals surface area (Å²) in [6, 6.07) is 20.3. The Hall–Kier alpha value is -5.52. The lowest BCUT2D eigenvalue weighted by Crippen LogP contribution is -2.45. The van der Waals surface area contributed by atoms with Gasteiger partial charge in [-0.1, -0.05) is 67.1 Å². The monoisotopic (exact) mass is 725 g/mol. The molecular formula is C40H40ClN3O8. The second-order valence-corrected chi connectivity index (χ2v) is 13.6. The van der Waals surface area contributed by atoms with Crippen LogP contribution in [0.25, 0.3) is 22.3 Å². The molecule has 4 atom stereocenters. The highest BCUT2D eigenvalue weighted by molar-refractivity contribution is 6.30. The molecule has 2 amide bonds. The van der Waals surface area contributed by atoms with E-state index in [2.05, 4.69) is 5.32 Å². The van der Waals surface area contributed by atoms with Crippen molar-refractivity contribution in [3.05, 3.63) is 107 Å². The number of amides is 2. The maximum Gasteiger partial charge on any atom is 0.326 e. The molecule has 0 radical (unpaired) electrons. The summed E-state index contributed by atoms with van der Waals surface area (Å²) in [6.07, 6.45) is -0.509. The number of ketones is 2. The molecule has 1 aliphatic rings. The van der Waals surface area contributed by atoms with Crippen LogP contribution in [0.5, 0.6) is 11.5 Å². The number of rotatable bonds is 9. The predicted octanol–water partition coefficient (Wildman–Crippen LogP) is 5.54. The van der Waals surface area contributed by atoms with Crippen LogP contribution in [0, 0.1) is 11.8 Å². The van der Waals surface area contributed by atoms with Gasteiger partial charge in [-0.3, -0.25) is 19.2 Å². The highest BCUT2D eigenvalue weighted by Crippen LogP contribution is 2.39. The average Bonchev–Trinajstić information content (AvgIpc) is 3.12. The van der Waals surface area contributed by atoms with Crippen molar-refractivity contribution in [1.82, 2.24) is 10.2 Å². The Labute approximate surface area is 306 Å². The lowest BCUT2D eigenvalue weighted by Gasteiger charge is -2.32. The number of nitrogens with zero attached hydrogens (tertiary/aromatic N) is 1. The Kier molecular flexibility index (Phi) is 11.8. The number of phenols is 2. The topological polar surface area (TPSA) is 187 Å². The van der Waals surface area contributed by atoms with E-state index in [-0.39, 0.29) is 60.6 Å². The summed E-state index contributed by atoms with van der Waals surface area (Å²) in [4.78, 5) is 68.4. The first kappa shape index (κ1) is 37.7. The van der Waals surface area contributed by atoms with Crippen LogP contribution in [0.4, 0.5) is 0 Å². The van der Waals surface area contributed by atoms with E-state index in [1.54, 1.807) is 24.3 Å². The number of aliphatic carboxylic acids is 1. The minimum Gasteiger partial charge on any atom is -0.507 e. The van der Waals surface area contributed by atoms with Crippen LogP contribution in [0.15, 0.2) is 84.9 Å². The van der Waals surface area contributed by atoms with Crippen molar-refractivity contribution in [2.24, 2.45) is 17.6 Å². The summed E-state index contributed by atoms with van der Waals surface area (Å²) in [5.41, 5.74) is 9.16.